The molecule has 0 unspecified atom stereocenters. The van der Waals surface area contributed by atoms with Gasteiger partial charge in [-0.1, -0.05) is 0 Å². The smallest absolute Gasteiger partial charge is 0.138 e. The molecular formula is C9H12N2O. The molecule has 3 heteroatoms. The Hall–Kier alpha value is -1.22. The summed E-state index contributed by atoms with van der Waals surface area (Å²) in [7, 11) is 2.05. The summed E-state index contributed by atoms with van der Waals surface area (Å²) in [6.45, 7) is 1.84. The number of nitrogen functional groups attached to an aromatic ring is 1. The number of phenols is 1. The van der Waals surface area contributed by atoms with Gasteiger partial charge < -0.3 is 10.8 Å². The van der Waals surface area contributed by atoms with Crippen LogP contribution in [0.1, 0.15) is 11.1 Å². The predicted molar refractivity (Wildman–Crippen MR) is 47.7 cm³/mol. The molecular weight excluding hydrogens is 152 g/mol. The molecule has 0 saturated heterocycles. The number of hydrogen-bond donors (Lipinski definition) is 2. The Morgan fingerprint density at radius 1 is 1.33 bits per heavy atom. The maximum Gasteiger partial charge on any atom is 0.138 e. The fourth-order valence-electron chi connectivity index (χ4n) is 1.63. The van der Waals surface area contributed by atoms with Gasteiger partial charge in [0.1, 0.15) is 5.75 Å². The first kappa shape index (κ1) is 7.43. The van der Waals surface area contributed by atoms with Crippen molar-refractivity contribution in [2.75, 3.05) is 12.8 Å². The van der Waals surface area contributed by atoms with E-state index in [1.165, 1.54) is 11.1 Å². The average Bonchev–Trinajstić information content (AvgIpc) is 2.30. The Labute approximate surface area is 71.4 Å². The van der Waals surface area contributed by atoms with E-state index in [2.05, 4.69) is 4.90 Å². The van der Waals surface area contributed by atoms with Crippen molar-refractivity contribution in [1.29, 1.82) is 0 Å². The number of rotatable bonds is 0. The fraction of sp³-hybridized carbons (Fsp3) is 0.333. The summed E-state index contributed by atoms with van der Waals surface area (Å²) < 4.78 is 0. The second kappa shape index (κ2) is 2.38. The van der Waals surface area contributed by atoms with Crippen LogP contribution in [0.5, 0.6) is 5.75 Å². The first-order chi connectivity index (χ1) is 5.66. The molecule has 1 aliphatic heterocycles. The molecule has 0 radical (unpaired) electrons. The third-order valence-electron chi connectivity index (χ3n) is 2.23. The molecule has 3 nitrogen and oxygen atoms in total. The van der Waals surface area contributed by atoms with Crippen molar-refractivity contribution in [1.82, 2.24) is 4.90 Å². The van der Waals surface area contributed by atoms with Gasteiger partial charge in [-0.15, -0.1) is 0 Å². The van der Waals surface area contributed by atoms with E-state index < -0.39 is 0 Å². The van der Waals surface area contributed by atoms with E-state index in [-0.39, 0.29) is 5.75 Å². The molecule has 1 aromatic rings. The monoisotopic (exact) mass is 164 g/mol. The summed E-state index contributed by atoms with van der Waals surface area (Å²) in [5, 5.41) is 9.33. The van der Waals surface area contributed by atoms with Gasteiger partial charge >= 0.3 is 0 Å². The highest BCUT2D eigenvalue weighted by atomic mass is 16.3. The van der Waals surface area contributed by atoms with Crippen LogP contribution in [-0.4, -0.2) is 17.1 Å². The van der Waals surface area contributed by atoms with Crippen molar-refractivity contribution in [2.24, 2.45) is 0 Å². The van der Waals surface area contributed by atoms with E-state index in [1.54, 1.807) is 6.07 Å². The third kappa shape index (κ3) is 1.02. The lowest BCUT2D eigenvalue weighted by molar-refractivity contribution is 0.353. The van der Waals surface area contributed by atoms with Gasteiger partial charge in [0.2, 0.25) is 0 Å². The zero-order valence-corrected chi connectivity index (χ0v) is 7.04. The molecule has 0 aliphatic carbocycles. The van der Waals surface area contributed by atoms with E-state index in [1.807, 2.05) is 13.1 Å². The van der Waals surface area contributed by atoms with E-state index >= 15 is 0 Å². The maximum atomic E-state index is 9.33. The topological polar surface area (TPSA) is 49.5 Å². The summed E-state index contributed by atoms with van der Waals surface area (Å²) in [5.41, 5.74) is 8.46. The lowest BCUT2D eigenvalue weighted by atomic mass is 10.1. The molecule has 0 fully saturated rings. The molecule has 2 rings (SSSR count). The van der Waals surface area contributed by atoms with E-state index in [0.29, 0.717) is 5.69 Å². The van der Waals surface area contributed by atoms with Crippen LogP contribution in [0, 0.1) is 0 Å². The molecule has 12 heavy (non-hydrogen) atoms. The third-order valence-corrected chi connectivity index (χ3v) is 2.23. The van der Waals surface area contributed by atoms with Gasteiger partial charge in [-0.3, -0.25) is 4.90 Å². The van der Waals surface area contributed by atoms with Crippen molar-refractivity contribution < 1.29 is 5.11 Å². The molecule has 0 bridgehead atoms. The van der Waals surface area contributed by atoms with Crippen molar-refractivity contribution in [3.8, 4) is 5.75 Å². The number of hydrogen-bond acceptors (Lipinski definition) is 3. The average molecular weight is 164 g/mol. The number of nitrogens with two attached hydrogens (primary N) is 1. The number of phenolic OH excluding ortho intramolecular Hbond substituents is 1. The van der Waals surface area contributed by atoms with Gasteiger partial charge in [-0.05, 0) is 30.3 Å². The summed E-state index contributed by atoms with van der Waals surface area (Å²) >= 11 is 0. The van der Waals surface area contributed by atoms with Gasteiger partial charge in [0.15, 0.2) is 0 Å². The van der Waals surface area contributed by atoms with Gasteiger partial charge in [0.05, 0.1) is 5.69 Å². The molecule has 1 aromatic carbocycles. The molecule has 64 valence electrons. The van der Waals surface area contributed by atoms with Crippen molar-refractivity contribution in [3.05, 3.63) is 23.3 Å². The van der Waals surface area contributed by atoms with Crippen LogP contribution in [0.15, 0.2) is 12.1 Å². The first-order valence-electron chi connectivity index (χ1n) is 3.95. The SMILES string of the molecule is CN1Cc2cc(N)c(O)cc2C1. The number of nitrogens with zero attached hydrogens (tertiary/aromatic N) is 1. The Kier molecular flexibility index (Phi) is 1.48. The number of benzene rings is 1. The first-order valence-corrected chi connectivity index (χ1v) is 3.95. The van der Waals surface area contributed by atoms with Crippen LogP contribution >= 0.6 is 0 Å². The Bertz CT molecular complexity index is 292. The molecule has 0 amide bonds. The highest BCUT2D eigenvalue weighted by Crippen LogP contribution is 2.29. The van der Waals surface area contributed by atoms with Crippen LogP contribution in [0.4, 0.5) is 5.69 Å². The molecule has 1 heterocycles. The second-order valence-corrected chi connectivity index (χ2v) is 3.35. The number of fused-ring (bicyclic) bond motifs is 1. The van der Waals surface area contributed by atoms with Gasteiger partial charge in [-0.25, -0.2) is 0 Å². The summed E-state index contributed by atoms with van der Waals surface area (Å²) in [6.07, 6.45) is 0. The van der Waals surface area contributed by atoms with Gasteiger partial charge in [0, 0.05) is 13.1 Å². The Morgan fingerprint density at radius 3 is 2.58 bits per heavy atom. The molecule has 0 spiro atoms. The van der Waals surface area contributed by atoms with E-state index in [0.717, 1.165) is 13.1 Å². The molecule has 0 aromatic heterocycles. The van der Waals surface area contributed by atoms with Crippen molar-refractivity contribution in [2.45, 2.75) is 13.1 Å². The van der Waals surface area contributed by atoms with Crippen LogP contribution in [0.3, 0.4) is 0 Å². The number of aromatic hydroxyl groups is 1. The predicted octanol–water partition coefficient (Wildman–Crippen LogP) is 0.920. The fourth-order valence-corrected chi connectivity index (χ4v) is 1.63. The Balaban J connectivity index is 2.48. The van der Waals surface area contributed by atoms with Gasteiger partial charge in [-0.2, -0.15) is 0 Å². The summed E-state index contributed by atoms with van der Waals surface area (Å²) in [6, 6.07) is 3.61. The standard InChI is InChI=1S/C9H12N2O/c1-11-4-6-2-8(10)9(12)3-7(6)5-11/h2-3,12H,4-5,10H2,1H3. The van der Waals surface area contributed by atoms with Crippen LogP contribution in [-0.2, 0) is 13.1 Å². The lowest BCUT2D eigenvalue weighted by Gasteiger charge is -2.02. The molecule has 0 atom stereocenters. The quantitative estimate of drug-likeness (QED) is 0.443. The van der Waals surface area contributed by atoms with Gasteiger partial charge in [0.25, 0.3) is 0 Å². The lowest BCUT2D eigenvalue weighted by Crippen LogP contribution is -2.07. The van der Waals surface area contributed by atoms with E-state index in [4.69, 9.17) is 5.73 Å². The molecule has 0 saturated carbocycles. The molecule has 3 N–H and O–H groups in total. The highest BCUT2D eigenvalue weighted by molar-refractivity contribution is 5.56. The summed E-state index contributed by atoms with van der Waals surface area (Å²) in [4.78, 5) is 2.18. The minimum atomic E-state index is 0.198. The van der Waals surface area contributed by atoms with Crippen molar-refractivity contribution in [3.63, 3.8) is 0 Å². The van der Waals surface area contributed by atoms with Crippen LogP contribution in [0.25, 0.3) is 0 Å². The molecule has 1 aliphatic rings. The minimum Gasteiger partial charge on any atom is -0.506 e. The second-order valence-electron chi connectivity index (χ2n) is 3.35. The maximum absolute atomic E-state index is 9.33. The van der Waals surface area contributed by atoms with Crippen molar-refractivity contribution >= 4 is 5.69 Å². The number of anilines is 1. The minimum absolute atomic E-state index is 0.198. The van der Waals surface area contributed by atoms with E-state index in [9.17, 15) is 5.11 Å². The van der Waals surface area contributed by atoms with Crippen LogP contribution < -0.4 is 5.73 Å². The highest BCUT2D eigenvalue weighted by Gasteiger charge is 2.16. The summed E-state index contributed by atoms with van der Waals surface area (Å²) in [5.74, 6) is 0.198. The van der Waals surface area contributed by atoms with Crippen LogP contribution in [0.2, 0.25) is 0 Å². The largest absolute Gasteiger partial charge is 0.506 e. The zero-order chi connectivity index (χ0) is 8.72. The normalized spacial score (nSPS) is 16.4. The Morgan fingerprint density at radius 2 is 1.92 bits per heavy atom. The zero-order valence-electron chi connectivity index (χ0n) is 7.04.